The summed E-state index contributed by atoms with van der Waals surface area (Å²) < 4.78 is 1.52. The van der Waals surface area contributed by atoms with Crippen molar-refractivity contribution in [2.45, 2.75) is 26.2 Å². The molecule has 0 aliphatic rings. The number of carboxylic acids is 1. The molecule has 0 bridgehead atoms. The molecule has 0 radical (unpaired) electrons. The maximum absolute atomic E-state index is 10.4. The summed E-state index contributed by atoms with van der Waals surface area (Å²) in [5.41, 5.74) is 0.639. The van der Waals surface area contributed by atoms with Gasteiger partial charge in [0.15, 0.2) is 0 Å². The Hall–Kier alpha value is -1.83. The van der Waals surface area contributed by atoms with Gasteiger partial charge in [-0.2, -0.15) is 4.68 Å². The van der Waals surface area contributed by atoms with Gasteiger partial charge in [-0.15, -0.1) is 15.3 Å². The normalized spacial score (nSPS) is 10.6. The van der Waals surface area contributed by atoms with Gasteiger partial charge < -0.3 is 5.11 Å². The van der Waals surface area contributed by atoms with Crippen molar-refractivity contribution in [1.29, 1.82) is 0 Å². The van der Waals surface area contributed by atoms with Gasteiger partial charge in [0.25, 0.3) is 0 Å². The van der Waals surface area contributed by atoms with Crippen LogP contribution in [0.15, 0.2) is 6.20 Å². The molecule has 2 aromatic heterocycles. The molecule has 1 N–H and O–H groups in total. The molecule has 2 rings (SSSR count). The summed E-state index contributed by atoms with van der Waals surface area (Å²) in [6.07, 6.45) is 2.94. The zero-order valence-corrected chi connectivity index (χ0v) is 10.0. The highest BCUT2D eigenvalue weighted by Crippen LogP contribution is 2.14. The van der Waals surface area contributed by atoms with Crippen molar-refractivity contribution in [3.63, 3.8) is 0 Å². The van der Waals surface area contributed by atoms with Crippen LogP contribution in [0.25, 0.3) is 5.13 Å². The van der Waals surface area contributed by atoms with E-state index in [1.54, 1.807) is 6.20 Å². The molecule has 0 atom stereocenters. The van der Waals surface area contributed by atoms with Crippen molar-refractivity contribution >= 4 is 17.3 Å². The highest BCUT2D eigenvalue weighted by Gasteiger charge is 2.09. The Morgan fingerprint density at radius 3 is 2.94 bits per heavy atom. The fourth-order valence-electron chi connectivity index (χ4n) is 1.22. The Morgan fingerprint density at radius 1 is 1.47 bits per heavy atom. The molecule has 0 aliphatic heterocycles. The van der Waals surface area contributed by atoms with E-state index in [1.165, 1.54) is 16.0 Å². The number of nitrogens with zero attached hydrogens (tertiary/aromatic N) is 5. The number of aromatic nitrogens is 5. The van der Waals surface area contributed by atoms with E-state index in [0.717, 1.165) is 11.4 Å². The largest absolute Gasteiger partial charge is 0.481 e. The molecule has 0 fully saturated rings. The van der Waals surface area contributed by atoms with Gasteiger partial charge in [0, 0.05) is 6.42 Å². The second-order valence-corrected chi connectivity index (χ2v) is 4.42. The minimum absolute atomic E-state index is 0.0506. The van der Waals surface area contributed by atoms with E-state index in [2.05, 4.69) is 20.5 Å². The maximum atomic E-state index is 10.4. The van der Waals surface area contributed by atoms with Crippen molar-refractivity contribution in [2.24, 2.45) is 0 Å². The molecule has 2 heterocycles. The molecule has 0 aliphatic carbocycles. The van der Waals surface area contributed by atoms with E-state index in [9.17, 15) is 4.79 Å². The zero-order valence-electron chi connectivity index (χ0n) is 9.20. The first-order valence-corrected chi connectivity index (χ1v) is 5.96. The van der Waals surface area contributed by atoms with Gasteiger partial charge in [-0.3, -0.25) is 4.79 Å². The summed E-state index contributed by atoms with van der Waals surface area (Å²) in [6, 6.07) is 0. The van der Waals surface area contributed by atoms with Gasteiger partial charge in [-0.25, -0.2) is 0 Å². The first kappa shape index (κ1) is 11.6. The van der Waals surface area contributed by atoms with E-state index in [4.69, 9.17) is 5.11 Å². The third-order valence-electron chi connectivity index (χ3n) is 2.09. The lowest BCUT2D eigenvalue weighted by molar-refractivity contribution is -0.136. The summed E-state index contributed by atoms with van der Waals surface area (Å²) in [4.78, 5) is 10.4. The predicted molar refractivity (Wildman–Crippen MR) is 60.2 cm³/mol. The number of carboxylic acid groups (broad SMARTS) is 1. The quantitative estimate of drug-likeness (QED) is 0.842. The van der Waals surface area contributed by atoms with Crippen LogP contribution in [-0.2, 0) is 17.6 Å². The summed E-state index contributed by atoms with van der Waals surface area (Å²) in [7, 11) is 0. The Kier molecular flexibility index (Phi) is 3.43. The summed E-state index contributed by atoms with van der Waals surface area (Å²) in [5.74, 6) is -0.844. The van der Waals surface area contributed by atoms with Crippen molar-refractivity contribution in [2.75, 3.05) is 0 Å². The fraction of sp³-hybridized carbons (Fsp3) is 0.444. The first-order chi connectivity index (χ1) is 8.19. The lowest BCUT2D eigenvalue weighted by Crippen LogP contribution is -1.97. The van der Waals surface area contributed by atoms with Crippen molar-refractivity contribution in [1.82, 2.24) is 25.2 Å². The lowest BCUT2D eigenvalue weighted by Gasteiger charge is -1.90. The zero-order chi connectivity index (χ0) is 12.3. The van der Waals surface area contributed by atoms with Crippen LogP contribution in [0.2, 0.25) is 0 Å². The molecule has 0 saturated heterocycles. The minimum atomic E-state index is -0.844. The Bertz CT molecular complexity index is 521. The highest BCUT2D eigenvalue weighted by atomic mass is 32.1. The van der Waals surface area contributed by atoms with Gasteiger partial charge in [-0.1, -0.05) is 23.5 Å². The molecule has 0 unspecified atom stereocenters. The number of hydrogen-bond acceptors (Lipinski definition) is 6. The second kappa shape index (κ2) is 5.00. The average Bonchev–Trinajstić information content (AvgIpc) is 2.94. The van der Waals surface area contributed by atoms with Crippen LogP contribution in [0.1, 0.15) is 24.0 Å². The van der Waals surface area contributed by atoms with Crippen molar-refractivity contribution in [3.05, 3.63) is 16.9 Å². The first-order valence-electron chi connectivity index (χ1n) is 5.15. The lowest BCUT2D eigenvalue weighted by atomic mass is 10.2. The average molecular weight is 253 g/mol. The molecule has 0 aromatic carbocycles. The standard InChI is InChI=1S/C9H11N5O2S/c1-2-7-11-12-9(17-7)14-5-6(10-13-14)3-4-8(15)16/h5H,2-4H2,1H3,(H,15,16). The fourth-order valence-corrected chi connectivity index (χ4v) is 1.92. The highest BCUT2D eigenvalue weighted by molar-refractivity contribution is 7.13. The van der Waals surface area contributed by atoms with Gasteiger partial charge >= 0.3 is 5.97 Å². The second-order valence-electron chi connectivity index (χ2n) is 3.38. The molecule has 2 aromatic rings. The molecule has 90 valence electrons. The number of carbonyl (C=O) groups is 1. The third kappa shape index (κ3) is 2.84. The van der Waals surface area contributed by atoms with Crippen LogP contribution >= 0.6 is 11.3 Å². The van der Waals surface area contributed by atoms with Crippen LogP contribution in [0.4, 0.5) is 0 Å². The summed E-state index contributed by atoms with van der Waals surface area (Å²) in [6.45, 7) is 2.00. The molecule has 7 nitrogen and oxygen atoms in total. The van der Waals surface area contributed by atoms with E-state index in [1.807, 2.05) is 6.92 Å². The van der Waals surface area contributed by atoms with E-state index >= 15 is 0 Å². The molecule has 17 heavy (non-hydrogen) atoms. The molecule has 8 heteroatoms. The van der Waals surface area contributed by atoms with Gasteiger partial charge in [0.1, 0.15) is 5.01 Å². The minimum Gasteiger partial charge on any atom is -0.481 e. The summed E-state index contributed by atoms with van der Waals surface area (Å²) in [5, 5.41) is 25.9. The number of hydrogen-bond donors (Lipinski definition) is 1. The Balaban J connectivity index is 2.09. The van der Waals surface area contributed by atoms with Crippen LogP contribution in [0.3, 0.4) is 0 Å². The molecule has 0 amide bonds. The molecular weight excluding hydrogens is 242 g/mol. The van der Waals surface area contributed by atoms with Gasteiger partial charge in [-0.05, 0) is 6.42 Å². The topological polar surface area (TPSA) is 93.8 Å². The van der Waals surface area contributed by atoms with E-state index in [-0.39, 0.29) is 6.42 Å². The Labute approximate surface area is 101 Å². The van der Waals surface area contributed by atoms with Gasteiger partial charge in [0.05, 0.1) is 18.3 Å². The number of aryl methyl sites for hydroxylation is 2. The van der Waals surface area contributed by atoms with Crippen LogP contribution in [-0.4, -0.2) is 36.3 Å². The Morgan fingerprint density at radius 2 is 2.29 bits per heavy atom. The molecular formula is C9H11N5O2S. The van der Waals surface area contributed by atoms with Crippen LogP contribution < -0.4 is 0 Å². The van der Waals surface area contributed by atoms with Gasteiger partial charge in [0.2, 0.25) is 5.13 Å². The predicted octanol–water partition coefficient (Wildman–Crippen LogP) is 0.698. The number of rotatable bonds is 5. The van der Waals surface area contributed by atoms with Crippen molar-refractivity contribution in [3.8, 4) is 5.13 Å². The smallest absolute Gasteiger partial charge is 0.303 e. The van der Waals surface area contributed by atoms with Crippen LogP contribution in [0, 0.1) is 0 Å². The number of aliphatic carboxylic acids is 1. The van der Waals surface area contributed by atoms with E-state index < -0.39 is 5.97 Å². The SMILES string of the molecule is CCc1nnc(-n2cc(CCC(=O)O)nn2)s1. The maximum Gasteiger partial charge on any atom is 0.303 e. The monoisotopic (exact) mass is 253 g/mol. The van der Waals surface area contributed by atoms with Crippen molar-refractivity contribution < 1.29 is 9.90 Å². The third-order valence-corrected chi connectivity index (χ3v) is 3.15. The molecule has 0 saturated carbocycles. The molecule has 0 spiro atoms. The summed E-state index contributed by atoms with van der Waals surface area (Å²) >= 11 is 1.45. The van der Waals surface area contributed by atoms with E-state index in [0.29, 0.717) is 17.2 Å². The van der Waals surface area contributed by atoms with Crippen LogP contribution in [0.5, 0.6) is 0 Å².